The molecular weight excluding hydrogens is 159 g/mol. The molecule has 1 atom stereocenters. The smallest absolute Gasteiger partial charge is 0.188 e. The monoisotopic (exact) mass is 170 g/mol. The zero-order valence-corrected chi connectivity index (χ0v) is 7.57. The van der Waals surface area contributed by atoms with E-state index in [1.54, 1.807) is 7.11 Å². The lowest BCUT2D eigenvalue weighted by atomic mass is 10.3. The Morgan fingerprint density at radius 3 is 2.45 bits per heavy atom. The Morgan fingerprint density at radius 1 is 1.27 bits per heavy atom. The van der Waals surface area contributed by atoms with Crippen LogP contribution in [0, 0.1) is 0 Å². The van der Waals surface area contributed by atoms with Crippen molar-refractivity contribution in [3.05, 3.63) is 24.3 Å². The van der Waals surface area contributed by atoms with Crippen LogP contribution in [0.25, 0.3) is 0 Å². The number of hydrogen-bond donors (Lipinski definition) is 0. The van der Waals surface area contributed by atoms with E-state index in [1.165, 1.54) is 0 Å². The molecule has 0 aliphatic carbocycles. The minimum absolute atomic E-state index is 0.302. The highest BCUT2D eigenvalue weighted by molar-refractivity contribution is 7.27. The van der Waals surface area contributed by atoms with Crippen molar-refractivity contribution in [3.8, 4) is 5.75 Å². The second-order valence-electron chi connectivity index (χ2n) is 2.12. The first-order valence-electron chi connectivity index (χ1n) is 3.30. The van der Waals surface area contributed by atoms with Gasteiger partial charge in [0.15, 0.2) is 6.79 Å². The Bertz CT molecular complexity index is 208. The summed E-state index contributed by atoms with van der Waals surface area (Å²) in [6.07, 6.45) is 0. The van der Waals surface area contributed by atoms with Crippen molar-refractivity contribution in [1.82, 2.24) is 0 Å². The Morgan fingerprint density at radius 2 is 1.91 bits per heavy atom. The number of methoxy groups -OCH3 is 1. The van der Waals surface area contributed by atoms with Crippen molar-refractivity contribution in [2.24, 2.45) is 0 Å². The summed E-state index contributed by atoms with van der Waals surface area (Å²) in [5.41, 5.74) is 0. The van der Waals surface area contributed by atoms with Crippen LogP contribution in [0.15, 0.2) is 24.3 Å². The van der Waals surface area contributed by atoms with E-state index in [9.17, 15) is 0 Å². The fraction of sp³-hybridized carbons (Fsp3) is 0.250. The van der Waals surface area contributed by atoms with Crippen molar-refractivity contribution in [3.63, 3.8) is 0 Å². The van der Waals surface area contributed by atoms with E-state index in [0.717, 1.165) is 11.1 Å². The van der Waals surface area contributed by atoms with Gasteiger partial charge in [-0.15, -0.1) is 9.24 Å². The van der Waals surface area contributed by atoms with Crippen molar-refractivity contribution in [1.29, 1.82) is 0 Å². The number of hydrogen-bond acceptors (Lipinski definition) is 2. The normalized spacial score (nSPS) is 9.64. The second-order valence-corrected chi connectivity index (χ2v) is 2.79. The quantitative estimate of drug-likeness (QED) is 0.500. The molecule has 0 radical (unpaired) electrons. The largest absolute Gasteiger partial charge is 0.468 e. The molecule has 3 heteroatoms. The van der Waals surface area contributed by atoms with E-state index in [4.69, 9.17) is 9.47 Å². The number of rotatable bonds is 3. The van der Waals surface area contributed by atoms with Gasteiger partial charge < -0.3 is 9.47 Å². The van der Waals surface area contributed by atoms with Gasteiger partial charge in [0.2, 0.25) is 0 Å². The van der Waals surface area contributed by atoms with Crippen LogP contribution in [-0.2, 0) is 4.74 Å². The molecule has 0 fully saturated rings. The summed E-state index contributed by atoms with van der Waals surface area (Å²) in [6, 6.07) is 7.74. The molecule has 0 saturated heterocycles. The summed E-state index contributed by atoms with van der Waals surface area (Å²) in [7, 11) is 4.21. The molecule has 0 N–H and O–H groups in total. The highest BCUT2D eigenvalue weighted by Gasteiger charge is 1.89. The average Bonchev–Trinajstić information content (AvgIpc) is 2.04. The standard InChI is InChI=1S/C8H11O2P/c1-9-6-10-7-2-4-8(11)5-3-7/h2-5H,6,11H2,1H3. The molecule has 0 saturated carbocycles. The predicted octanol–water partition coefficient (Wildman–Crippen LogP) is 1.17. The summed E-state index contributed by atoms with van der Waals surface area (Å²) in [4.78, 5) is 0. The maximum absolute atomic E-state index is 5.18. The van der Waals surface area contributed by atoms with Crippen molar-refractivity contribution in [2.45, 2.75) is 0 Å². The second kappa shape index (κ2) is 4.32. The van der Waals surface area contributed by atoms with Gasteiger partial charge in [0, 0.05) is 7.11 Å². The molecule has 0 aliphatic rings. The molecule has 0 aliphatic heterocycles. The lowest BCUT2D eigenvalue weighted by Crippen LogP contribution is -1.99. The molecular formula is C8H11O2P. The van der Waals surface area contributed by atoms with Crippen molar-refractivity contribution >= 4 is 14.5 Å². The lowest BCUT2D eigenvalue weighted by Gasteiger charge is -2.03. The van der Waals surface area contributed by atoms with E-state index < -0.39 is 0 Å². The van der Waals surface area contributed by atoms with Crippen LogP contribution in [0.3, 0.4) is 0 Å². The van der Waals surface area contributed by atoms with Gasteiger partial charge in [-0.1, -0.05) is 12.1 Å². The third-order valence-corrected chi connectivity index (χ3v) is 1.61. The molecule has 11 heavy (non-hydrogen) atoms. The van der Waals surface area contributed by atoms with E-state index in [0.29, 0.717) is 6.79 Å². The van der Waals surface area contributed by atoms with Crippen LogP contribution in [0.4, 0.5) is 0 Å². The Hall–Kier alpha value is -0.590. The minimum atomic E-state index is 0.302. The molecule has 0 heterocycles. The van der Waals surface area contributed by atoms with E-state index >= 15 is 0 Å². The highest BCUT2D eigenvalue weighted by atomic mass is 31.0. The maximum Gasteiger partial charge on any atom is 0.188 e. The molecule has 0 bridgehead atoms. The van der Waals surface area contributed by atoms with Gasteiger partial charge in [-0.05, 0) is 17.4 Å². The van der Waals surface area contributed by atoms with Crippen LogP contribution in [0.1, 0.15) is 0 Å². The van der Waals surface area contributed by atoms with Gasteiger partial charge in [0.05, 0.1) is 0 Å². The van der Waals surface area contributed by atoms with E-state index in [2.05, 4.69) is 9.24 Å². The Kier molecular flexibility index (Phi) is 3.34. The average molecular weight is 170 g/mol. The first-order chi connectivity index (χ1) is 5.33. The maximum atomic E-state index is 5.18. The molecule has 1 aromatic carbocycles. The van der Waals surface area contributed by atoms with Gasteiger partial charge in [-0.2, -0.15) is 0 Å². The topological polar surface area (TPSA) is 18.5 Å². The Labute approximate surface area is 68.7 Å². The molecule has 2 nitrogen and oxygen atoms in total. The zero-order chi connectivity index (χ0) is 8.10. The molecule has 1 unspecified atom stereocenters. The summed E-state index contributed by atoms with van der Waals surface area (Å²) in [5, 5.41) is 1.15. The molecule has 0 aromatic heterocycles. The van der Waals surface area contributed by atoms with Gasteiger partial charge >= 0.3 is 0 Å². The molecule has 0 spiro atoms. The molecule has 0 amide bonds. The molecule has 1 aromatic rings. The van der Waals surface area contributed by atoms with E-state index in [-0.39, 0.29) is 0 Å². The highest BCUT2D eigenvalue weighted by Crippen LogP contribution is 2.07. The Balaban J connectivity index is 2.52. The third-order valence-electron chi connectivity index (χ3n) is 1.22. The van der Waals surface area contributed by atoms with Crippen LogP contribution >= 0.6 is 9.24 Å². The first-order valence-corrected chi connectivity index (χ1v) is 3.88. The molecule has 60 valence electrons. The van der Waals surface area contributed by atoms with Gasteiger partial charge in [0.25, 0.3) is 0 Å². The SMILES string of the molecule is COCOc1ccc(P)cc1. The fourth-order valence-electron chi connectivity index (χ4n) is 0.691. The minimum Gasteiger partial charge on any atom is -0.468 e. The summed E-state index contributed by atoms with van der Waals surface area (Å²) in [5.74, 6) is 0.832. The van der Waals surface area contributed by atoms with Crippen LogP contribution in [0.5, 0.6) is 5.75 Å². The summed E-state index contributed by atoms with van der Waals surface area (Å²) < 4.78 is 9.93. The third kappa shape index (κ3) is 2.87. The molecule has 1 rings (SSSR count). The van der Waals surface area contributed by atoms with Gasteiger partial charge in [0.1, 0.15) is 5.75 Å². The zero-order valence-electron chi connectivity index (χ0n) is 6.41. The first kappa shape index (κ1) is 8.51. The van der Waals surface area contributed by atoms with Gasteiger partial charge in [-0.3, -0.25) is 0 Å². The van der Waals surface area contributed by atoms with Crippen LogP contribution in [-0.4, -0.2) is 13.9 Å². The summed E-state index contributed by atoms with van der Waals surface area (Å²) >= 11 is 0. The van der Waals surface area contributed by atoms with Crippen LogP contribution in [0.2, 0.25) is 0 Å². The fourth-order valence-corrected chi connectivity index (χ4v) is 0.883. The predicted molar refractivity (Wildman–Crippen MR) is 48.3 cm³/mol. The van der Waals surface area contributed by atoms with E-state index in [1.807, 2.05) is 24.3 Å². The number of ether oxygens (including phenoxy) is 2. The van der Waals surface area contributed by atoms with Crippen molar-refractivity contribution in [2.75, 3.05) is 13.9 Å². The number of benzene rings is 1. The van der Waals surface area contributed by atoms with Crippen molar-refractivity contribution < 1.29 is 9.47 Å². The lowest BCUT2D eigenvalue weighted by molar-refractivity contribution is 0.0511. The van der Waals surface area contributed by atoms with Crippen LogP contribution < -0.4 is 10.0 Å². The summed E-state index contributed by atoms with van der Waals surface area (Å²) in [6.45, 7) is 0.302. The van der Waals surface area contributed by atoms with Gasteiger partial charge in [-0.25, -0.2) is 0 Å².